The van der Waals surface area contributed by atoms with Gasteiger partial charge in [-0.3, -0.25) is 9.97 Å². The highest BCUT2D eigenvalue weighted by molar-refractivity contribution is 9.10. The van der Waals surface area contributed by atoms with Crippen LogP contribution >= 0.6 is 15.9 Å². The second-order valence-electron chi connectivity index (χ2n) is 3.47. The third-order valence-electron chi connectivity index (χ3n) is 2.17. The number of hydrogen-bond donors (Lipinski definition) is 1. The van der Waals surface area contributed by atoms with E-state index < -0.39 is 0 Å². The molecule has 2 aromatic rings. The Balaban J connectivity index is 1.85. The summed E-state index contributed by atoms with van der Waals surface area (Å²) in [4.78, 5) is 8.09. The summed E-state index contributed by atoms with van der Waals surface area (Å²) < 4.78 is 1.01. The molecule has 0 aliphatic heterocycles. The number of halogens is 1. The summed E-state index contributed by atoms with van der Waals surface area (Å²) in [5.41, 5.74) is 2.40. The summed E-state index contributed by atoms with van der Waals surface area (Å²) in [5.74, 6) is 0. The Morgan fingerprint density at radius 2 is 1.75 bits per heavy atom. The molecule has 1 N–H and O–H groups in total. The lowest BCUT2D eigenvalue weighted by atomic mass is 10.2. The second kappa shape index (κ2) is 5.72. The van der Waals surface area contributed by atoms with E-state index in [2.05, 4.69) is 37.3 Å². The molecule has 2 aromatic heterocycles. The molecule has 0 radical (unpaired) electrons. The van der Waals surface area contributed by atoms with Crippen LogP contribution in [-0.2, 0) is 13.1 Å². The fourth-order valence-electron chi connectivity index (χ4n) is 1.40. The molecule has 0 spiro atoms. The third-order valence-corrected chi connectivity index (χ3v) is 2.60. The Morgan fingerprint density at radius 1 is 1.00 bits per heavy atom. The summed E-state index contributed by atoms with van der Waals surface area (Å²) in [6, 6.07) is 6.07. The molecule has 2 rings (SSSR count). The zero-order chi connectivity index (χ0) is 11.2. The average molecular weight is 278 g/mol. The summed E-state index contributed by atoms with van der Waals surface area (Å²) in [6.45, 7) is 1.66. The van der Waals surface area contributed by atoms with E-state index in [0.29, 0.717) is 0 Å². The lowest BCUT2D eigenvalue weighted by Gasteiger charge is -2.04. The van der Waals surface area contributed by atoms with Crippen molar-refractivity contribution in [3.8, 4) is 0 Å². The fraction of sp³-hybridized carbons (Fsp3) is 0.167. The first kappa shape index (κ1) is 11.2. The summed E-state index contributed by atoms with van der Waals surface area (Å²) in [7, 11) is 0. The van der Waals surface area contributed by atoms with Gasteiger partial charge in [-0.1, -0.05) is 0 Å². The zero-order valence-corrected chi connectivity index (χ0v) is 10.3. The monoisotopic (exact) mass is 277 g/mol. The second-order valence-corrected chi connectivity index (χ2v) is 4.39. The SMILES string of the molecule is Brc1cncc(CNCc2ccncc2)c1. The Bertz CT molecular complexity index is 445. The maximum atomic E-state index is 4.11. The first-order valence-electron chi connectivity index (χ1n) is 5.03. The average Bonchev–Trinajstić information content (AvgIpc) is 2.30. The molecule has 4 heteroatoms. The van der Waals surface area contributed by atoms with Crippen LogP contribution in [0.15, 0.2) is 47.5 Å². The lowest BCUT2D eigenvalue weighted by Crippen LogP contribution is -2.12. The molecular weight excluding hydrogens is 266 g/mol. The molecule has 0 saturated carbocycles. The molecule has 0 fully saturated rings. The van der Waals surface area contributed by atoms with Gasteiger partial charge in [0, 0.05) is 42.3 Å². The fourth-order valence-corrected chi connectivity index (χ4v) is 1.82. The predicted octanol–water partition coefficient (Wildman–Crippen LogP) is 2.53. The van der Waals surface area contributed by atoms with Gasteiger partial charge in [0.15, 0.2) is 0 Å². The molecule has 2 heterocycles. The molecular formula is C12H12BrN3. The van der Waals surface area contributed by atoms with E-state index in [1.165, 1.54) is 11.1 Å². The highest BCUT2D eigenvalue weighted by Gasteiger charge is 1.95. The Morgan fingerprint density at radius 3 is 2.50 bits per heavy atom. The molecule has 0 aromatic carbocycles. The van der Waals surface area contributed by atoms with Crippen molar-refractivity contribution in [2.24, 2.45) is 0 Å². The Labute approximate surface area is 103 Å². The van der Waals surface area contributed by atoms with E-state index in [0.717, 1.165) is 17.6 Å². The van der Waals surface area contributed by atoms with Crippen molar-refractivity contribution in [3.05, 3.63) is 58.6 Å². The van der Waals surface area contributed by atoms with Crippen LogP contribution in [0.5, 0.6) is 0 Å². The molecule has 16 heavy (non-hydrogen) atoms. The highest BCUT2D eigenvalue weighted by atomic mass is 79.9. The van der Waals surface area contributed by atoms with Gasteiger partial charge < -0.3 is 5.32 Å². The minimum Gasteiger partial charge on any atom is -0.309 e. The molecule has 0 aliphatic rings. The van der Waals surface area contributed by atoms with Crippen molar-refractivity contribution in [2.75, 3.05) is 0 Å². The quantitative estimate of drug-likeness (QED) is 0.933. The summed E-state index contributed by atoms with van der Waals surface area (Å²) in [6.07, 6.45) is 7.26. The van der Waals surface area contributed by atoms with Crippen LogP contribution in [0.25, 0.3) is 0 Å². The molecule has 0 aliphatic carbocycles. The number of nitrogens with one attached hydrogen (secondary N) is 1. The number of pyridine rings is 2. The van der Waals surface area contributed by atoms with E-state index in [1.54, 1.807) is 18.6 Å². The van der Waals surface area contributed by atoms with Crippen LogP contribution < -0.4 is 5.32 Å². The van der Waals surface area contributed by atoms with E-state index in [-0.39, 0.29) is 0 Å². The Kier molecular flexibility index (Phi) is 4.02. The van der Waals surface area contributed by atoms with Crippen LogP contribution in [0.2, 0.25) is 0 Å². The number of hydrogen-bond acceptors (Lipinski definition) is 3. The number of rotatable bonds is 4. The predicted molar refractivity (Wildman–Crippen MR) is 66.7 cm³/mol. The molecule has 0 unspecified atom stereocenters. The topological polar surface area (TPSA) is 37.8 Å². The first-order chi connectivity index (χ1) is 7.84. The van der Waals surface area contributed by atoms with Crippen LogP contribution in [0.3, 0.4) is 0 Å². The minimum absolute atomic E-state index is 0.814. The highest BCUT2D eigenvalue weighted by Crippen LogP contribution is 2.09. The van der Waals surface area contributed by atoms with Gasteiger partial charge in [-0.05, 0) is 45.3 Å². The largest absolute Gasteiger partial charge is 0.309 e. The normalized spacial score (nSPS) is 10.3. The van der Waals surface area contributed by atoms with Crippen molar-refractivity contribution in [1.82, 2.24) is 15.3 Å². The molecule has 82 valence electrons. The zero-order valence-electron chi connectivity index (χ0n) is 8.73. The van der Waals surface area contributed by atoms with Gasteiger partial charge in [-0.25, -0.2) is 0 Å². The van der Waals surface area contributed by atoms with Crippen molar-refractivity contribution >= 4 is 15.9 Å². The molecule has 0 saturated heterocycles. The van der Waals surface area contributed by atoms with E-state index in [9.17, 15) is 0 Å². The Hall–Kier alpha value is -1.26. The third kappa shape index (κ3) is 3.40. The van der Waals surface area contributed by atoms with Crippen molar-refractivity contribution < 1.29 is 0 Å². The van der Waals surface area contributed by atoms with Gasteiger partial charge in [0.25, 0.3) is 0 Å². The van der Waals surface area contributed by atoms with E-state index in [4.69, 9.17) is 0 Å². The number of nitrogens with zero attached hydrogens (tertiary/aromatic N) is 2. The van der Waals surface area contributed by atoms with E-state index in [1.807, 2.05) is 18.3 Å². The molecule has 3 nitrogen and oxygen atoms in total. The standard InChI is InChI=1S/C12H12BrN3/c13-12-5-11(8-16-9-12)7-15-6-10-1-3-14-4-2-10/h1-5,8-9,15H,6-7H2. The van der Waals surface area contributed by atoms with E-state index >= 15 is 0 Å². The van der Waals surface area contributed by atoms with Gasteiger partial charge in [-0.2, -0.15) is 0 Å². The molecule has 0 amide bonds. The van der Waals surface area contributed by atoms with Gasteiger partial charge in [0.1, 0.15) is 0 Å². The van der Waals surface area contributed by atoms with Gasteiger partial charge in [0.05, 0.1) is 0 Å². The van der Waals surface area contributed by atoms with Gasteiger partial charge in [-0.15, -0.1) is 0 Å². The summed E-state index contributed by atoms with van der Waals surface area (Å²) >= 11 is 3.40. The van der Waals surface area contributed by atoms with Crippen LogP contribution in [-0.4, -0.2) is 9.97 Å². The van der Waals surface area contributed by atoms with Crippen molar-refractivity contribution in [2.45, 2.75) is 13.1 Å². The van der Waals surface area contributed by atoms with Crippen LogP contribution in [0.1, 0.15) is 11.1 Å². The summed E-state index contributed by atoms with van der Waals surface area (Å²) in [5, 5.41) is 3.36. The van der Waals surface area contributed by atoms with Crippen LogP contribution in [0, 0.1) is 0 Å². The maximum absolute atomic E-state index is 4.11. The van der Waals surface area contributed by atoms with Crippen LogP contribution in [0.4, 0.5) is 0 Å². The number of aromatic nitrogens is 2. The van der Waals surface area contributed by atoms with Crippen molar-refractivity contribution in [1.29, 1.82) is 0 Å². The first-order valence-corrected chi connectivity index (χ1v) is 5.83. The molecule has 0 atom stereocenters. The molecule has 0 bridgehead atoms. The smallest absolute Gasteiger partial charge is 0.0410 e. The van der Waals surface area contributed by atoms with Crippen molar-refractivity contribution in [3.63, 3.8) is 0 Å². The minimum atomic E-state index is 0.814. The lowest BCUT2D eigenvalue weighted by molar-refractivity contribution is 0.690. The van der Waals surface area contributed by atoms with Gasteiger partial charge >= 0.3 is 0 Å². The maximum Gasteiger partial charge on any atom is 0.0410 e. The van der Waals surface area contributed by atoms with Gasteiger partial charge in [0.2, 0.25) is 0 Å².